The Morgan fingerprint density at radius 1 is 0.368 bits per heavy atom. The summed E-state index contributed by atoms with van der Waals surface area (Å²) in [5.41, 5.74) is 11.5. The Bertz CT molecular complexity index is 2560. The van der Waals surface area contributed by atoms with E-state index in [-0.39, 0.29) is 0 Å². The molecule has 0 atom stereocenters. The fourth-order valence-electron chi connectivity index (χ4n) is 7.45. The molecule has 0 saturated carbocycles. The number of rotatable bonds is 9. The SMILES string of the molecule is Cc1ccc(-n2c(P(=Nc3cccc(C)c3C)(c3ccccc3)c3ccccc3)nnc2P(=Nc2cccc(C)c2C)(c2ccccc2)c2ccccc2)cc1C. The molecule has 8 rings (SSSR count). The van der Waals surface area contributed by atoms with E-state index in [1.54, 1.807) is 0 Å². The molecule has 7 heteroatoms. The minimum Gasteiger partial charge on any atom is -0.272 e. The number of aromatic nitrogens is 3. The normalized spacial score (nSPS) is 11.7. The lowest BCUT2D eigenvalue weighted by atomic mass is 10.1. The summed E-state index contributed by atoms with van der Waals surface area (Å²) < 4.78 is 14.4. The summed E-state index contributed by atoms with van der Waals surface area (Å²) in [5, 5.41) is 15.3. The Balaban J connectivity index is 1.65. The van der Waals surface area contributed by atoms with Gasteiger partial charge in [-0.2, -0.15) is 0 Å². The Hall–Kier alpha value is -5.86. The molecule has 0 fully saturated rings. The maximum absolute atomic E-state index is 6.01. The van der Waals surface area contributed by atoms with Gasteiger partial charge < -0.3 is 0 Å². The maximum Gasteiger partial charge on any atom is 0.186 e. The summed E-state index contributed by atoms with van der Waals surface area (Å²) in [4.78, 5) is 0. The third-order valence-electron chi connectivity index (χ3n) is 11.1. The molecular weight excluding hydrogens is 733 g/mol. The Morgan fingerprint density at radius 2 is 0.737 bits per heavy atom. The van der Waals surface area contributed by atoms with Crippen molar-refractivity contribution in [3.05, 3.63) is 209 Å². The molecule has 0 spiro atoms. The van der Waals surface area contributed by atoms with Crippen LogP contribution in [0.15, 0.2) is 185 Å². The van der Waals surface area contributed by atoms with E-state index in [0.29, 0.717) is 0 Å². The Labute approximate surface area is 337 Å². The molecule has 1 heterocycles. The smallest absolute Gasteiger partial charge is 0.186 e. The minimum atomic E-state index is -2.99. The average molecular weight is 780 g/mol. The molecule has 0 aliphatic rings. The third kappa shape index (κ3) is 6.86. The summed E-state index contributed by atoms with van der Waals surface area (Å²) in [6.45, 7) is 13.0. The number of aryl methyl sites for hydroxylation is 4. The van der Waals surface area contributed by atoms with Crippen molar-refractivity contribution < 1.29 is 0 Å². The van der Waals surface area contributed by atoms with Gasteiger partial charge in [-0.1, -0.05) is 152 Å². The van der Waals surface area contributed by atoms with Gasteiger partial charge in [0, 0.05) is 26.9 Å². The Kier molecular flexibility index (Phi) is 10.6. The molecular formula is C50H47N5P2. The molecule has 0 unspecified atom stereocenters. The average Bonchev–Trinajstić information content (AvgIpc) is 3.70. The van der Waals surface area contributed by atoms with Crippen LogP contribution in [0.25, 0.3) is 5.69 Å². The lowest BCUT2D eigenvalue weighted by Crippen LogP contribution is -2.37. The van der Waals surface area contributed by atoms with Crippen LogP contribution in [0.5, 0.6) is 0 Å². The van der Waals surface area contributed by atoms with Gasteiger partial charge in [-0.3, -0.25) is 14.1 Å². The zero-order valence-electron chi connectivity index (χ0n) is 33.4. The first-order chi connectivity index (χ1) is 27.7. The zero-order valence-corrected chi connectivity index (χ0v) is 35.2. The van der Waals surface area contributed by atoms with E-state index in [1.807, 2.05) is 0 Å². The second kappa shape index (κ2) is 15.9. The van der Waals surface area contributed by atoms with Crippen molar-refractivity contribution in [1.29, 1.82) is 0 Å². The van der Waals surface area contributed by atoms with Crippen LogP contribution >= 0.6 is 14.1 Å². The fraction of sp³-hybridized carbons (Fsp3) is 0.120. The van der Waals surface area contributed by atoms with Crippen LogP contribution in [0.4, 0.5) is 11.4 Å². The number of benzene rings is 7. The second-order valence-electron chi connectivity index (χ2n) is 14.7. The van der Waals surface area contributed by atoms with Crippen molar-refractivity contribution in [2.24, 2.45) is 9.49 Å². The van der Waals surface area contributed by atoms with Crippen LogP contribution in [-0.2, 0) is 0 Å². The molecule has 0 saturated heterocycles. The van der Waals surface area contributed by atoms with E-state index < -0.39 is 14.1 Å². The third-order valence-corrected chi connectivity index (χ3v) is 18.1. The highest BCUT2D eigenvalue weighted by atomic mass is 31.2. The van der Waals surface area contributed by atoms with Gasteiger partial charge >= 0.3 is 0 Å². The molecule has 57 heavy (non-hydrogen) atoms. The van der Waals surface area contributed by atoms with Crippen molar-refractivity contribution in [2.45, 2.75) is 41.5 Å². The first-order valence-corrected chi connectivity index (χ1v) is 22.9. The molecule has 0 N–H and O–H groups in total. The first kappa shape index (κ1) is 38.0. The predicted molar refractivity (Wildman–Crippen MR) is 244 cm³/mol. The van der Waals surface area contributed by atoms with Crippen molar-refractivity contribution in [3.8, 4) is 5.69 Å². The molecule has 0 amide bonds. The van der Waals surface area contributed by atoms with Gasteiger partial charge in [0.25, 0.3) is 0 Å². The zero-order chi connectivity index (χ0) is 39.6. The van der Waals surface area contributed by atoms with E-state index in [2.05, 4.69) is 222 Å². The van der Waals surface area contributed by atoms with E-state index in [9.17, 15) is 0 Å². The summed E-state index contributed by atoms with van der Waals surface area (Å²) in [6, 6.07) is 62.4. The van der Waals surface area contributed by atoms with Crippen LogP contribution in [-0.4, -0.2) is 14.8 Å². The van der Waals surface area contributed by atoms with Gasteiger partial charge in [-0.25, -0.2) is 0 Å². The van der Waals surface area contributed by atoms with Crippen molar-refractivity contribution >= 4 is 57.8 Å². The molecule has 1 aromatic heterocycles. The summed E-state index contributed by atoms with van der Waals surface area (Å²) >= 11 is 0. The van der Waals surface area contributed by atoms with Crippen LogP contribution in [0.2, 0.25) is 0 Å². The van der Waals surface area contributed by atoms with Crippen LogP contribution < -0.4 is 32.3 Å². The quantitative estimate of drug-likeness (QED) is 0.137. The lowest BCUT2D eigenvalue weighted by molar-refractivity contribution is 1.12. The molecule has 0 bridgehead atoms. The molecule has 0 aliphatic heterocycles. The highest BCUT2D eigenvalue weighted by molar-refractivity contribution is 7.88. The molecule has 0 radical (unpaired) electrons. The fourth-order valence-corrected chi connectivity index (χ4v) is 14.5. The van der Waals surface area contributed by atoms with Gasteiger partial charge in [0.05, 0.1) is 25.5 Å². The van der Waals surface area contributed by atoms with Gasteiger partial charge in [-0.15, -0.1) is 10.2 Å². The standard InChI is InChI=1S/C50H47N5P2/c1-36-33-34-42(35-39(36)4)55-49(56(43-23-11-7-12-24-43,44-25-13-8-14-26-44)53-47-31-19-21-37(2)40(47)5)51-52-50(55)57(45-27-15-9-16-28-45,46-29-17-10-18-30-46)54-48-32-20-22-38(3)41(48)6/h7-35H,1-6H3. The second-order valence-corrected chi connectivity index (χ2v) is 20.5. The number of hydrogen-bond acceptors (Lipinski definition) is 4. The van der Waals surface area contributed by atoms with E-state index in [4.69, 9.17) is 19.7 Å². The highest BCUT2D eigenvalue weighted by Crippen LogP contribution is 2.53. The number of hydrogen-bond donors (Lipinski definition) is 0. The highest BCUT2D eigenvalue weighted by Gasteiger charge is 2.40. The van der Waals surface area contributed by atoms with Crippen LogP contribution in [0.3, 0.4) is 0 Å². The van der Waals surface area contributed by atoms with E-state index in [0.717, 1.165) is 60.5 Å². The molecule has 282 valence electrons. The monoisotopic (exact) mass is 779 g/mol. The molecule has 7 aromatic carbocycles. The van der Waals surface area contributed by atoms with Crippen molar-refractivity contribution in [3.63, 3.8) is 0 Å². The van der Waals surface area contributed by atoms with E-state index >= 15 is 0 Å². The molecule has 8 aromatic rings. The van der Waals surface area contributed by atoms with Gasteiger partial charge in [0.2, 0.25) is 0 Å². The minimum absolute atomic E-state index is 0.798. The van der Waals surface area contributed by atoms with Gasteiger partial charge in [0.1, 0.15) is 0 Å². The topological polar surface area (TPSA) is 55.4 Å². The Morgan fingerprint density at radius 3 is 1.09 bits per heavy atom. The van der Waals surface area contributed by atoms with E-state index in [1.165, 1.54) is 22.3 Å². The maximum atomic E-state index is 6.01. The van der Waals surface area contributed by atoms with Crippen molar-refractivity contribution in [2.75, 3.05) is 0 Å². The van der Waals surface area contributed by atoms with Crippen LogP contribution in [0.1, 0.15) is 33.4 Å². The molecule has 0 aliphatic carbocycles. The first-order valence-electron chi connectivity index (χ1n) is 19.4. The predicted octanol–water partition coefficient (Wildman–Crippen LogP) is 10.7. The summed E-state index contributed by atoms with van der Waals surface area (Å²) in [6.07, 6.45) is 0. The lowest BCUT2D eigenvalue weighted by Gasteiger charge is -2.30. The number of nitrogens with zero attached hydrogens (tertiary/aromatic N) is 5. The van der Waals surface area contributed by atoms with Crippen molar-refractivity contribution in [1.82, 2.24) is 14.8 Å². The van der Waals surface area contributed by atoms with Gasteiger partial charge in [0.15, 0.2) is 11.1 Å². The van der Waals surface area contributed by atoms with Crippen LogP contribution in [0, 0.1) is 41.5 Å². The molecule has 5 nitrogen and oxygen atoms in total. The largest absolute Gasteiger partial charge is 0.272 e. The summed E-state index contributed by atoms with van der Waals surface area (Å²) in [7, 11) is -5.99. The van der Waals surface area contributed by atoms with Gasteiger partial charge in [-0.05, 0) is 99.2 Å². The summed E-state index contributed by atoms with van der Waals surface area (Å²) in [5.74, 6) is 0.